The second-order valence-corrected chi connectivity index (χ2v) is 4.99. The van der Waals surface area contributed by atoms with Crippen LogP contribution in [0.5, 0.6) is 0 Å². The van der Waals surface area contributed by atoms with Crippen molar-refractivity contribution in [2.24, 2.45) is 0 Å². The number of hydrogen-bond donors (Lipinski definition) is 1. The van der Waals surface area contributed by atoms with E-state index in [-0.39, 0.29) is 5.43 Å². The summed E-state index contributed by atoms with van der Waals surface area (Å²) in [5.41, 5.74) is 0.0261. The Morgan fingerprint density at radius 2 is 2.00 bits per heavy atom. The van der Waals surface area contributed by atoms with Gasteiger partial charge in [-0.05, 0) is 0 Å². The summed E-state index contributed by atoms with van der Waals surface area (Å²) in [5.74, 6) is 0. The van der Waals surface area contributed by atoms with Crippen molar-refractivity contribution in [3.63, 3.8) is 0 Å². The predicted molar refractivity (Wildman–Crippen MR) is 55.2 cm³/mol. The van der Waals surface area contributed by atoms with Crippen molar-refractivity contribution >= 4 is 27.9 Å². The number of nitrogens with one attached hydrogen (secondary N) is 1. The molecule has 0 radical (unpaired) electrons. The van der Waals surface area contributed by atoms with E-state index in [9.17, 15) is 4.79 Å². The maximum absolute atomic E-state index is 11.2. The second kappa shape index (κ2) is 3.78. The van der Waals surface area contributed by atoms with Crippen LogP contribution < -0.4 is 10.3 Å². The fraction of sp³-hybridized carbons (Fsp3) is 0.444. The molecular weight excluding hydrogens is 206 g/mol. The lowest BCUT2D eigenvalue weighted by molar-refractivity contribution is -0.815. The van der Waals surface area contributed by atoms with Gasteiger partial charge in [-0.1, -0.05) is 22.9 Å². The molecule has 2 nitrogen and oxygen atoms in total. The minimum absolute atomic E-state index is 0.0261. The van der Waals surface area contributed by atoms with Gasteiger partial charge >= 0.3 is 0 Å². The standard InChI is InChI=1S/C9H10ClNOS/c10-8-5-7(12)6-9(13-8)11-3-1-2-4-11/h5-6H,1-4H2/p+1. The highest BCUT2D eigenvalue weighted by Gasteiger charge is 2.19. The van der Waals surface area contributed by atoms with Crippen molar-refractivity contribution in [2.45, 2.75) is 12.8 Å². The largest absolute Gasteiger partial charge is 0.293 e. The average Bonchev–Trinajstić information content (AvgIpc) is 2.53. The van der Waals surface area contributed by atoms with Crippen LogP contribution in [0.25, 0.3) is 0 Å². The zero-order valence-electron chi connectivity index (χ0n) is 7.18. The first-order valence-corrected chi connectivity index (χ1v) is 5.61. The topological polar surface area (TPSA) is 21.5 Å². The highest BCUT2D eigenvalue weighted by molar-refractivity contribution is 7.18. The molecule has 1 aromatic heterocycles. The monoisotopic (exact) mass is 216 g/mol. The first kappa shape index (κ1) is 9.19. The Hall–Kier alpha value is -0.380. The van der Waals surface area contributed by atoms with E-state index in [0.29, 0.717) is 4.34 Å². The lowest BCUT2D eigenvalue weighted by atomic mass is 10.4. The molecule has 1 N–H and O–H groups in total. The summed E-state index contributed by atoms with van der Waals surface area (Å²) >= 11 is 7.35. The van der Waals surface area contributed by atoms with E-state index < -0.39 is 0 Å². The highest BCUT2D eigenvalue weighted by Crippen LogP contribution is 2.18. The Morgan fingerprint density at radius 1 is 1.31 bits per heavy atom. The molecule has 0 atom stereocenters. The molecule has 1 aromatic rings. The number of hydrogen-bond acceptors (Lipinski definition) is 2. The van der Waals surface area contributed by atoms with Gasteiger partial charge in [0.1, 0.15) is 4.34 Å². The van der Waals surface area contributed by atoms with E-state index in [2.05, 4.69) is 0 Å². The van der Waals surface area contributed by atoms with E-state index in [1.165, 1.54) is 35.1 Å². The number of halogens is 1. The quantitative estimate of drug-likeness (QED) is 0.745. The fourth-order valence-electron chi connectivity index (χ4n) is 1.67. The van der Waals surface area contributed by atoms with E-state index in [1.807, 2.05) is 0 Å². The molecule has 0 aliphatic carbocycles. The minimum atomic E-state index is 0.0261. The van der Waals surface area contributed by atoms with Crippen LogP contribution in [0.4, 0.5) is 5.00 Å². The third-order valence-corrected chi connectivity index (χ3v) is 3.57. The van der Waals surface area contributed by atoms with Gasteiger partial charge in [-0.15, -0.1) is 0 Å². The third-order valence-electron chi connectivity index (χ3n) is 2.29. The van der Waals surface area contributed by atoms with Crippen LogP contribution in [0.1, 0.15) is 12.8 Å². The Morgan fingerprint density at radius 3 is 2.62 bits per heavy atom. The number of quaternary nitrogens is 1. The zero-order chi connectivity index (χ0) is 9.26. The highest BCUT2D eigenvalue weighted by atomic mass is 35.5. The molecule has 0 aromatic carbocycles. The summed E-state index contributed by atoms with van der Waals surface area (Å²) in [4.78, 5) is 12.6. The molecule has 1 aliphatic heterocycles. The molecule has 2 rings (SSSR count). The molecule has 0 saturated carbocycles. The van der Waals surface area contributed by atoms with E-state index in [1.54, 1.807) is 6.07 Å². The summed E-state index contributed by atoms with van der Waals surface area (Å²) in [6.45, 7) is 2.27. The second-order valence-electron chi connectivity index (χ2n) is 3.27. The molecule has 13 heavy (non-hydrogen) atoms. The minimum Gasteiger partial charge on any atom is -0.293 e. The molecule has 0 amide bonds. The van der Waals surface area contributed by atoms with Crippen LogP contribution in [-0.4, -0.2) is 13.1 Å². The lowest BCUT2D eigenvalue weighted by Crippen LogP contribution is -3.04. The molecule has 0 unspecified atom stereocenters. The molecule has 1 aliphatic rings. The van der Waals surface area contributed by atoms with Crippen LogP contribution in [0, 0.1) is 0 Å². The Labute approximate surface area is 85.8 Å². The summed E-state index contributed by atoms with van der Waals surface area (Å²) in [5, 5.41) is 1.09. The first-order valence-electron chi connectivity index (χ1n) is 4.41. The van der Waals surface area contributed by atoms with Gasteiger partial charge < -0.3 is 0 Å². The average molecular weight is 217 g/mol. The fourth-order valence-corrected chi connectivity index (χ4v) is 2.93. The van der Waals surface area contributed by atoms with Crippen LogP contribution in [0.2, 0.25) is 4.34 Å². The van der Waals surface area contributed by atoms with Gasteiger partial charge in [-0.25, -0.2) is 0 Å². The Bertz CT molecular complexity index is 357. The summed E-state index contributed by atoms with van der Waals surface area (Å²) in [6, 6.07) is 3.18. The SMILES string of the molecule is O=c1cc(Cl)sc([NH+]2CCCC2)c1. The van der Waals surface area contributed by atoms with Crippen molar-refractivity contribution in [3.05, 3.63) is 26.7 Å². The summed E-state index contributed by atoms with van der Waals surface area (Å²) < 4.78 is 0.599. The molecule has 0 spiro atoms. The van der Waals surface area contributed by atoms with Crippen molar-refractivity contribution < 1.29 is 4.90 Å². The van der Waals surface area contributed by atoms with Crippen LogP contribution in [0.3, 0.4) is 0 Å². The van der Waals surface area contributed by atoms with E-state index >= 15 is 0 Å². The van der Waals surface area contributed by atoms with Gasteiger partial charge in [0, 0.05) is 18.9 Å². The predicted octanol–water partition coefficient (Wildman–Crippen LogP) is 1.07. The molecule has 70 valence electrons. The zero-order valence-corrected chi connectivity index (χ0v) is 8.75. The molecule has 2 heterocycles. The van der Waals surface area contributed by atoms with Gasteiger partial charge in [0.25, 0.3) is 0 Å². The third kappa shape index (κ3) is 2.10. The molecule has 4 heteroatoms. The van der Waals surface area contributed by atoms with Crippen molar-refractivity contribution in [2.75, 3.05) is 13.1 Å². The van der Waals surface area contributed by atoms with Gasteiger partial charge in [0.2, 0.25) is 0 Å². The van der Waals surface area contributed by atoms with Gasteiger partial charge in [0.15, 0.2) is 10.4 Å². The Balaban J connectivity index is 2.33. The van der Waals surface area contributed by atoms with E-state index in [4.69, 9.17) is 11.6 Å². The lowest BCUT2D eigenvalue weighted by Gasteiger charge is -2.09. The van der Waals surface area contributed by atoms with Crippen LogP contribution in [0.15, 0.2) is 16.9 Å². The molecule has 0 bridgehead atoms. The van der Waals surface area contributed by atoms with Crippen molar-refractivity contribution in [3.8, 4) is 0 Å². The van der Waals surface area contributed by atoms with Crippen molar-refractivity contribution in [1.82, 2.24) is 0 Å². The smallest absolute Gasteiger partial charge is 0.191 e. The van der Waals surface area contributed by atoms with Crippen LogP contribution >= 0.6 is 22.9 Å². The number of rotatable bonds is 1. The first-order chi connectivity index (χ1) is 6.25. The van der Waals surface area contributed by atoms with Crippen LogP contribution in [-0.2, 0) is 0 Å². The molecule has 1 saturated heterocycles. The maximum atomic E-state index is 11.2. The molecule has 1 fully saturated rings. The normalized spacial score (nSPS) is 17.9. The van der Waals surface area contributed by atoms with Gasteiger partial charge in [-0.2, -0.15) is 0 Å². The summed E-state index contributed by atoms with van der Waals surface area (Å²) in [7, 11) is 0. The van der Waals surface area contributed by atoms with Crippen molar-refractivity contribution in [1.29, 1.82) is 0 Å². The van der Waals surface area contributed by atoms with Gasteiger partial charge in [-0.3, -0.25) is 9.69 Å². The molecular formula is C9H11ClNOS+. The Kier molecular flexibility index (Phi) is 2.67. The summed E-state index contributed by atoms with van der Waals surface area (Å²) in [6.07, 6.45) is 2.51. The van der Waals surface area contributed by atoms with Gasteiger partial charge in [0.05, 0.1) is 19.2 Å². The van der Waals surface area contributed by atoms with E-state index in [0.717, 1.165) is 18.1 Å². The maximum Gasteiger partial charge on any atom is 0.191 e.